The van der Waals surface area contributed by atoms with Crippen LogP contribution in [-0.2, 0) is 12.7 Å². The summed E-state index contributed by atoms with van der Waals surface area (Å²) in [6.07, 6.45) is -4.48. The van der Waals surface area contributed by atoms with E-state index in [0.29, 0.717) is 21.5 Å². The van der Waals surface area contributed by atoms with Crippen molar-refractivity contribution >= 4 is 28.6 Å². The lowest BCUT2D eigenvalue weighted by Gasteiger charge is -2.21. The second kappa shape index (κ2) is 8.49. The van der Waals surface area contributed by atoms with Gasteiger partial charge in [0.1, 0.15) is 10.8 Å². The first-order chi connectivity index (χ1) is 14.3. The maximum Gasteiger partial charge on any atom is 0.416 e. The molecule has 1 N–H and O–H groups in total. The number of benzene rings is 2. The summed E-state index contributed by atoms with van der Waals surface area (Å²) >= 11 is 1.32. The number of aryl methyl sites for hydroxylation is 1. The van der Waals surface area contributed by atoms with Crippen LogP contribution in [0.15, 0.2) is 47.5 Å². The second-order valence-corrected chi connectivity index (χ2v) is 9.99. The van der Waals surface area contributed by atoms with Gasteiger partial charge in [0.15, 0.2) is 0 Å². The Bertz CT molecular complexity index is 1120. The van der Waals surface area contributed by atoms with E-state index in [1.807, 2.05) is 20.8 Å². The molecule has 0 fully saturated rings. The summed E-state index contributed by atoms with van der Waals surface area (Å²) < 4.78 is 52.3. The van der Waals surface area contributed by atoms with Crippen LogP contribution in [0.3, 0.4) is 0 Å². The van der Waals surface area contributed by atoms with Gasteiger partial charge in [-0.15, -0.1) is 0 Å². The zero-order valence-corrected chi connectivity index (χ0v) is 18.3. The van der Waals surface area contributed by atoms with E-state index in [0.717, 1.165) is 17.7 Å². The molecule has 0 radical (unpaired) electrons. The molecular weight excluding hydrogens is 428 g/mol. The van der Waals surface area contributed by atoms with Crippen molar-refractivity contribution in [2.75, 3.05) is 0 Å². The van der Waals surface area contributed by atoms with E-state index in [2.05, 4.69) is 10.3 Å². The van der Waals surface area contributed by atoms with Crippen LogP contribution in [0.2, 0.25) is 0 Å². The quantitative estimate of drug-likeness (QED) is 0.363. The van der Waals surface area contributed by atoms with Gasteiger partial charge in [0.2, 0.25) is 0 Å². The van der Waals surface area contributed by atoms with Gasteiger partial charge in [-0.25, -0.2) is 9.37 Å². The molecule has 164 valence electrons. The Morgan fingerprint density at radius 2 is 1.71 bits per heavy atom. The third-order valence-corrected chi connectivity index (χ3v) is 5.64. The predicted molar refractivity (Wildman–Crippen MR) is 115 cm³/mol. The van der Waals surface area contributed by atoms with Gasteiger partial charge in [-0.3, -0.25) is 4.79 Å². The van der Waals surface area contributed by atoms with Gasteiger partial charge in [0.25, 0.3) is 5.91 Å². The summed E-state index contributed by atoms with van der Waals surface area (Å²) in [6, 6.07) is 9.12. The first-order valence-electron chi connectivity index (χ1n) is 9.58. The van der Waals surface area contributed by atoms with Gasteiger partial charge in [0, 0.05) is 16.7 Å². The van der Waals surface area contributed by atoms with Crippen LogP contribution in [0.5, 0.6) is 0 Å². The van der Waals surface area contributed by atoms with Crippen LogP contribution in [0.1, 0.15) is 47.8 Å². The topological polar surface area (TPSA) is 42.0 Å². The Morgan fingerprint density at radius 3 is 2.29 bits per heavy atom. The van der Waals surface area contributed by atoms with Crippen LogP contribution >= 0.6 is 11.8 Å². The summed E-state index contributed by atoms with van der Waals surface area (Å²) in [4.78, 5) is 17.5. The number of alkyl halides is 3. The van der Waals surface area contributed by atoms with E-state index >= 15 is 0 Å². The monoisotopic (exact) mass is 450 g/mol. The van der Waals surface area contributed by atoms with Gasteiger partial charge < -0.3 is 5.32 Å². The van der Waals surface area contributed by atoms with Gasteiger partial charge in [-0.2, -0.15) is 13.2 Å². The highest BCUT2D eigenvalue weighted by atomic mass is 32.2. The van der Waals surface area contributed by atoms with E-state index < -0.39 is 11.7 Å². The third kappa shape index (κ3) is 5.55. The number of hydrogen-bond acceptors (Lipinski definition) is 3. The SMILES string of the molecule is Cc1c(C(=O)NCc2ccc(F)cc2)c(SC(C)(C)C)nc2cc(C(F)(F)F)ccc12. The van der Waals surface area contributed by atoms with Gasteiger partial charge >= 0.3 is 6.18 Å². The molecule has 1 aromatic heterocycles. The average Bonchev–Trinajstić information content (AvgIpc) is 2.65. The maximum atomic E-state index is 13.2. The fourth-order valence-corrected chi connectivity index (χ4v) is 4.15. The Hall–Kier alpha value is -2.61. The Kier molecular flexibility index (Phi) is 6.32. The van der Waals surface area contributed by atoms with E-state index in [1.165, 1.54) is 30.0 Å². The van der Waals surface area contributed by atoms with Gasteiger partial charge in [-0.05, 0) is 42.3 Å². The van der Waals surface area contributed by atoms with Crippen LogP contribution < -0.4 is 5.32 Å². The van der Waals surface area contributed by atoms with Crippen molar-refractivity contribution in [2.24, 2.45) is 0 Å². The smallest absolute Gasteiger partial charge is 0.348 e. The fraction of sp³-hybridized carbons (Fsp3) is 0.304. The summed E-state index contributed by atoms with van der Waals surface area (Å²) in [7, 11) is 0. The molecule has 0 bridgehead atoms. The van der Waals surface area contributed by atoms with E-state index in [9.17, 15) is 22.4 Å². The number of amides is 1. The molecule has 0 atom stereocenters. The number of aromatic nitrogens is 1. The zero-order chi connectivity index (χ0) is 23.0. The molecule has 0 aliphatic heterocycles. The maximum absolute atomic E-state index is 13.2. The molecule has 0 saturated carbocycles. The van der Waals surface area contributed by atoms with Crippen molar-refractivity contribution < 1.29 is 22.4 Å². The van der Waals surface area contributed by atoms with Crippen LogP contribution in [0.4, 0.5) is 17.6 Å². The standard InChI is InChI=1S/C23H22F4N2OS/c1-13-17-10-7-15(23(25,26)27)11-18(17)29-21(31-22(2,3)4)19(13)20(30)28-12-14-5-8-16(24)9-6-14/h5-11H,12H2,1-4H3,(H,28,30). The number of nitrogens with zero attached hydrogens (tertiary/aromatic N) is 1. The van der Waals surface area contributed by atoms with E-state index in [1.54, 1.807) is 19.1 Å². The van der Waals surface area contributed by atoms with Crippen molar-refractivity contribution in [3.63, 3.8) is 0 Å². The molecule has 0 aliphatic rings. The molecule has 0 saturated heterocycles. The largest absolute Gasteiger partial charge is 0.416 e. The van der Waals surface area contributed by atoms with Crippen molar-refractivity contribution in [3.05, 3.63) is 70.5 Å². The van der Waals surface area contributed by atoms with Crippen LogP contribution in [0, 0.1) is 12.7 Å². The minimum absolute atomic E-state index is 0.184. The second-order valence-electron chi connectivity index (χ2n) is 8.17. The molecule has 1 amide bonds. The fourth-order valence-electron chi connectivity index (χ4n) is 3.08. The number of thioether (sulfide) groups is 1. The molecule has 1 heterocycles. The normalized spacial score (nSPS) is 12.3. The molecule has 2 aromatic carbocycles. The first-order valence-corrected chi connectivity index (χ1v) is 10.4. The third-order valence-electron chi connectivity index (χ3n) is 4.54. The summed E-state index contributed by atoms with van der Waals surface area (Å²) in [5, 5.41) is 3.66. The lowest BCUT2D eigenvalue weighted by molar-refractivity contribution is -0.137. The molecule has 0 unspecified atom stereocenters. The Balaban J connectivity index is 2.04. The van der Waals surface area contributed by atoms with Crippen molar-refractivity contribution in [3.8, 4) is 0 Å². The molecule has 3 aromatic rings. The lowest BCUT2D eigenvalue weighted by atomic mass is 10.0. The van der Waals surface area contributed by atoms with E-state index in [-0.39, 0.29) is 28.5 Å². The van der Waals surface area contributed by atoms with Crippen LogP contribution in [0.25, 0.3) is 10.9 Å². The van der Waals surface area contributed by atoms with Gasteiger partial charge in [-0.1, -0.05) is 50.7 Å². The average molecular weight is 451 g/mol. The number of carbonyl (C=O) groups is 1. The number of nitrogens with one attached hydrogen (secondary N) is 1. The molecule has 3 nitrogen and oxygen atoms in total. The number of hydrogen-bond donors (Lipinski definition) is 1. The number of carbonyl (C=O) groups excluding carboxylic acids is 1. The zero-order valence-electron chi connectivity index (χ0n) is 17.5. The Labute approximate surface area is 182 Å². The molecule has 8 heteroatoms. The summed E-state index contributed by atoms with van der Waals surface area (Å²) in [5.41, 5.74) is 1.01. The molecule has 0 aliphatic carbocycles. The van der Waals surface area contributed by atoms with E-state index in [4.69, 9.17) is 0 Å². The molecule has 3 rings (SSSR count). The molecule has 0 spiro atoms. The van der Waals surface area contributed by atoms with Crippen molar-refractivity contribution in [1.29, 1.82) is 0 Å². The summed E-state index contributed by atoms with van der Waals surface area (Å²) in [5.74, 6) is -0.755. The van der Waals surface area contributed by atoms with Crippen molar-refractivity contribution in [1.82, 2.24) is 10.3 Å². The molecule has 31 heavy (non-hydrogen) atoms. The minimum atomic E-state index is -4.48. The van der Waals surface area contributed by atoms with Gasteiger partial charge in [0.05, 0.1) is 16.6 Å². The number of fused-ring (bicyclic) bond motifs is 1. The molecular formula is C23H22F4N2OS. The minimum Gasteiger partial charge on any atom is -0.348 e. The number of halogens is 4. The number of rotatable bonds is 4. The lowest BCUT2D eigenvalue weighted by Crippen LogP contribution is -2.25. The van der Waals surface area contributed by atoms with Crippen molar-refractivity contribution in [2.45, 2.75) is 50.2 Å². The predicted octanol–water partition coefficient (Wildman–Crippen LogP) is 6.52. The van der Waals surface area contributed by atoms with Crippen LogP contribution in [-0.4, -0.2) is 15.6 Å². The summed E-state index contributed by atoms with van der Waals surface area (Å²) in [6.45, 7) is 7.70. The highest BCUT2D eigenvalue weighted by molar-refractivity contribution is 8.00. The Morgan fingerprint density at radius 1 is 1.06 bits per heavy atom. The number of pyridine rings is 1. The first kappa shape index (κ1) is 23.1. The highest BCUT2D eigenvalue weighted by Crippen LogP contribution is 2.38. The highest BCUT2D eigenvalue weighted by Gasteiger charge is 2.31.